The second kappa shape index (κ2) is 6.35. The molecule has 0 spiro atoms. The Kier molecular flexibility index (Phi) is 4.22. The predicted molar refractivity (Wildman–Crippen MR) is 94.8 cm³/mol. The lowest BCUT2D eigenvalue weighted by molar-refractivity contribution is 0.327. The average molecular weight is 343 g/mol. The highest BCUT2D eigenvalue weighted by Gasteiger charge is 2.23. The predicted octanol–water partition coefficient (Wildman–Crippen LogP) is 4.13. The summed E-state index contributed by atoms with van der Waals surface area (Å²) < 4.78 is 21.5. The van der Waals surface area contributed by atoms with Crippen molar-refractivity contribution in [1.82, 2.24) is 0 Å². The molecule has 25 heavy (non-hydrogen) atoms. The van der Waals surface area contributed by atoms with Crippen molar-refractivity contribution in [3.63, 3.8) is 0 Å². The van der Waals surface area contributed by atoms with Crippen LogP contribution < -0.4 is 18.9 Å². The van der Waals surface area contributed by atoms with E-state index in [0.29, 0.717) is 44.5 Å². The van der Waals surface area contributed by atoms with Gasteiger partial charge in [0.25, 0.3) is 0 Å². The first-order valence-electron chi connectivity index (χ1n) is 7.39. The number of hydrogen-bond acceptors (Lipinski definition) is 7. The highest BCUT2D eigenvalue weighted by molar-refractivity contribution is 6.19. The molecule has 3 rings (SSSR count). The van der Waals surface area contributed by atoms with Crippen LogP contribution in [0.4, 0.5) is 5.69 Å². The molecule has 0 radical (unpaired) electrons. The minimum Gasteiger partial charge on any atom is -0.505 e. The van der Waals surface area contributed by atoms with Crippen molar-refractivity contribution in [3.8, 4) is 28.7 Å². The number of aromatic hydroxyl groups is 1. The van der Waals surface area contributed by atoms with Gasteiger partial charge in [0.2, 0.25) is 5.75 Å². The van der Waals surface area contributed by atoms with Gasteiger partial charge >= 0.3 is 0 Å². The number of phenols is 1. The Morgan fingerprint density at radius 2 is 1.56 bits per heavy atom. The van der Waals surface area contributed by atoms with Crippen LogP contribution in [0.3, 0.4) is 0 Å². The number of nitroso groups, excluding NO2 is 1. The van der Waals surface area contributed by atoms with E-state index >= 15 is 0 Å². The van der Waals surface area contributed by atoms with Crippen LogP contribution >= 0.6 is 0 Å². The monoisotopic (exact) mass is 343 g/mol. The summed E-state index contributed by atoms with van der Waals surface area (Å²) in [6, 6.07) is 6.76. The lowest BCUT2D eigenvalue weighted by Gasteiger charge is -2.18. The Labute approximate surface area is 143 Å². The summed E-state index contributed by atoms with van der Waals surface area (Å²) >= 11 is 0. The Hall–Kier alpha value is -3.22. The molecule has 3 aromatic carbocycles. The molecule has 0 amide bonds. The van der Waals surface area contributed by atoms with Gasteiger partial charge in [-0.05, 0) is 34.8 Å². The minimum absolute atomic E-state index is 0.0735. The van der Waals surface area contributed by atoms with Gasteiger partial charge < -0.3 is 24.1 Å². The molecule has 0 unspecified atom stereocenters. The zero-order valence-corrected chi connectivity index (χ0v) is 14.2. The first-order valence-corrected chi connectivity index (χ1v) is 7.39. The largest absolute Gasteiger partial charge is 0.505 e. The van der Waals surface area contributed by atoms with E-state index in [9.17, 15) is 10.0 Å². The molecule has 0 aliphatic carbocycles. The molecular weight excluding hydrogens is 326 g/mol. The topological polar surface area (TPSA) is 86.6 Å². The van der Waals surface area contributed by atoms with Crippen LogP contribution in [0, 0.1) is 4.91 Å². The molecule has 130 valence electrons. The molecule has 7 nitrogen and oxygen atoms in total. The van der Waals surface area contributed by atoms with E-state index in [1.165, 1.54) is 28.4 Å². The van der Waals surface area contributed by atoms with Gasteiger partial charge in [-0.15, -0.1) is 4.91 Å². The zero-order chi connectivity index (χ0) is 18.1. The molecular formula is C18H17NO6. The molecule has 1 N–H and O–H groups in total. The highest BCUT2D eigenvalue weighted by Crippen LogP contribution is 2.52. The van der Waals surface area contributed by atoms with E-state index in [-0.39, 0.29) is 11.4 Å². The van der Waals surface area contributed by atoms with Gasteiger partial charge in [-0.1, -0.05) is 0 Å². The van der Waals surface area contributed by atoms with Crippen molar-refractivity contribution in [2.24, 2.45) is 5.18 Å². The number of ether oxygens (including phenoxy) is 4. The van der Waals surface area contributed by atoms with Gasteiger partial charge in [-0.3, -0.25) is 0 Å². The quantitative estimate of drug-likeness (QED) is 0.554. The molecule has 0 aliphatic heterocycles. The summed E-state index contributed by atoms with van der Waals surface area (Å²) in [4.78, 5) is 11.4. The molecule has 0 atom stereocenters. The fraction of sp³-hybridized carbons (Fsp3) is 0.222. The summed E-state index contributed by atoms with van der Waals surface area (Å²) in [5, 5.41) is 15.7. The third-order valence-electron chi connectivity index (χ3n) is 4.15. The molecule has 0 heterocycles. The third kappa shape index (κ3) is 2.36. The van der Waals surface area contributed by atoms with E-state index in [1.807, 2.05) is 0 Å². The van der Waals surface area contributed by atoms with E-state index in [0.717, 1.165) is 0 Å². The number of benzene rings is 3. The molecule has 0 saturated carbocycles. The summed E-state index contributed by atoms with van der Waals surface area (Å²) in [5.74, 6) is 1.42. The lowest BCUT2D eigenvalue weighted by Crippen LogP contribution is -1.97. The Morgan fingerprint density at radius 1 is 0.840 bits per heavy atom. The van der Waals surface area contributed by atoms with E-state index in [1.54, 1.807) is 24.3 Å². The number of phenolic OH excluding ortho intramolecular Hbond substituents is 1. The van der Waals surface area contributed by atoms with Gasteiger partial charge in [0.05, 0.1) is 28.4 Å². The summed E-state index contributed by atoms with van der Waals surface area (Å²) in [5.41, 5.74) is -0.0735. The number of rotatable bonds is 5. The molecule has 7 heteroatoms. The van der Waals surface area contributed by atoms with Crippen LogP contribution in [0.5, 0.6) is 28.7 Å². The van der Waals surface area contributed by atoms with Gasteiger partial charge in [-0.25, -0.2) is 0 Å². The summed E-state index contributed by atoms with van der Waals surface area (Å²) in [6.07, 6.45) is 0. The first kappa shape index (κ1) is 16.6. The van der Waals surface area contributed by atoms with Crippen LogP contribution in [-0.4, -0.2) is 33.5 Å². The van der Waals surface area contributed by atoms with Crippen LogP contribution in [0.25, 0.3) is 21.5 Å². The van der Waals surface area contributed by atoms with Crippen molar-refractivity contribution in [3.05, 3.63) is 29.2 Å². The van der Waals surface area contributed by atoms with Gasteiger partial charge in [0.15, 0.2) is 22.9 Å². The van der Waals surface area contributed by atoms with Gasteiger partial charge in [-0.2, -0.15) is 0 Å². The Bertz CT molecular complexity index is 983. The fourth-order valence-corrected chi connectivity index (χ4v) is 3.02. The number of fused-ring (bicyclic) bond motifs is 3. The smallest absolute Gasteiger partial charge is 0.203 e. The number of nitrogens with zero attached hydrogens (tertiary/aromatic N) is 1. The number of hydrogen-bond donors (Lipinski definition) is 1. The van der Waals surface area contributed by atoms with Crippen LogP contribution in [0.1, 0.15) is 0 Å². The molecule has 0 aliphatic rings. The van der Waals surface area contributed by atoms with Crippen molar-refractivity contribution < 1.29 is 24.1 Å². The molecule has 3 aromatic rings. The molecule has 0 bridgehead atoms. The first-order chi connectivity index (χ1) is 12.1. The third-order valence-corrected chi connectivity index (χ3v) is 4.15. The van der Waals surface area contributed by atoms with Crippen molar-refractivity contribution in [2.45, 2.75) is 0 Å². The average Bonchev–Trinajstić information content (AvgIpc) is 2.66. The van der Waals surface area contributed by atoms with Crippen LogP contribution in [0.15, 0.2) is 29.4 Å². The minimum atomic E-state index is -0.259. The van der Waals surface area contributed by atoms with Crippen molar-refractivity contribution in [2.75, 3.05) is 28.4 Å². The zero-order valence-electron chi connectivity index (χ0n) is 14.2. The molecule has 0 fully saturated rings. The second-order valence-electron chi connectivity index (χ2n) is 5.27. The summed E-state index contributed by atoms with van der Waals surface area (Å²) in [6.45, 7) is 0. The van der Waals surface area contributed by atoms with E-state index in [4.69, 9.17) is 18.9 Å². The molecule has 0 saturated heterocycles. The van der Waals surface area contributed by atoms with E-state index < -0.39 is 0 Å². The second-order valence-corrected chi connectivity index (χ2v) is 5.27. The maximum atomic E-state index is 11.4. The summed E-state index contributed by atoms with van der Waals surface area (Å²) in [7, 11) is 5.99. The molecule has 0 aromatic heterocycles. The van der Waals surface area contributed by atoms with E-state index in [2.05, 4.69) is 5.18 Å². The maximum Gasteiger partial charge on any atom is 0.203 e. The van der Waals surface area contributed by atoms with Crippen molar-refractivity contribution >= 4 is 27.2 Å². The maximum absolute atomic E-state index is 11.4. The standard InChI is InChI=1S/C18H17NO6/c1-22-9-5-6-10-11(7-9)15(19-21)16(20)12-8-13(23-2)17(24-3)18(25-4)14(10)12/h5-8,20H,1-4H3. The van der Waals surface area contributed by atoms with Crippen LogP contribution in [-0.2, 0) is 0 Å². The van der Waals surface area contributed by atoms with Crippen LogP contribution in [0.2, 0.25) is 0 Å². The van der Waals surface area contributed by atoms with Gasteiger partial charge in [0, 0.05) is 16.2 Å². The lowest BCUT2D eigenvalue weighted by atomic mass is 9.97. The number of methoxy groups -OCH3 is 4. The SMILES string of the molecule is COc1ccc2c(c1)c(N=O)c(O)c1cc(OC)c(OC)c(OC)c12. The normalized spacial score (nSPS) is 10.7. The Balaban J connectivity index is 2.63. The Morgan fingerprint density at radius 3 is 2.12 bits per heavy atom. The van der Waals surface area contributed by atoms with Crippen molar-refractivity contribution in [1.29, 1.82) is 0 Å². The highest BCUT2D eigenvalue weighted by atomic mass is 16.5. The fourth-order valence-electron chi connectivity index (χ4n) is 3.02. The van der Waals surface area contributed by atoms with Gasteiger partial charge in [0.1, 0.15) is 5.75 Å².